The van der Waals surface area contributed by atoms with Gasteiger partial charge in [-0.1, -0.05) is 18.2 Å². The third-order valence-corrected chi connectivity index (χ3v) is 2.71. The molecular formula is C13H12N2O3. The lowest BCUT2D eigenvalue weighted by Crippen LogP contribution is -2.14. The summed E-state index contributed by atoms with van der Waals surface area (Å²) < 4.78 is 1.57. The van der Waals surface area contributed by atoms with Crippen molar-refractivity contribution in [3.8, 4) is 5.69 Å². The highest BCUT2D eigenvalue weighted by Crippen LogP contribution is 2.18. The van der Waals surface area contributed by atoms with Gasteiger partial charge in [-0.3, -0.25) is 4.79 Å². The molecule has 2 aromatic rings. The van der Waals surface area contributed by atoms with Crippen molar-refractivity contribution in [1.82, 2.24) is 9.78 Å². The van der Waals surface area contributed by atoms with Crippen LogP contribution in [0.15, 0.2) is 30.3 Å². The van der Waals surface area contributed by atoms with Gasteiger partial charge in [-0.25, -0.2) is 9.48 Å². The fourth-order valence-corrected chi connectivity index (χ4v) is 1.90. The number of carbonyl (C=O) groups excluding carboxylic acids is 1. The molecule has 1 N–H and O–H groups in total. The first-order valence-electron chi connectivity index (χ1n) is 5.41. The van der Waals surface area contributed by atoms with Crippen LogP contribution in [0.4, 0.5) is 0 Å². The van der Waals surface area contributed by atoms with Gasteiger partial charge in [0.25, 0.3) is 5.78 Å². The molecule has 0 spiro atoms. The first-order valence-corrected chi connectivity index (χ1v) is 5.41. The van der Waals surface area contributed by atoms with Gasteiger partial charge in [-0.15, -0.1) is 0 Å². The van der Waals surface area contributed by atoms with Crippen LogP contribution >= 0.6 is 0 Å². The standard InChI is InChI=1S/C13H12N2O3/c1-8-11(12(16)13(17)18)9(2)15(14-8)10-6-4-3-5-7-10/h3-7H,1-2H3,(H,17,18). The van der Waals surface area contributed by atoms with Crippen molar-refractivity contribution in [2.24, 2.45) is 0 Å². The second kappa shape index (κ2) is 4.44. The Kier molecular flexibility index (Phi) is 2.97. The summed E-state index contributed by atoms with van der Waals surface area (Å²) in [6.07, 6.45) is 0. The lowest BCUT2D eigenvalue weighted by atomic mass is 10.1. The summed E-state index contributed by atoms with van der Waals surface area (Å²) in [4.78, 5) is 22.3. The molecule has 2 rings (SSSR count). The Morgan fingerprint density at radius 3 is 2.33 bits per heavy atom. The number of benzene rings is 1. The molecule has 0 radical (unpaired) electrons. The molecule has 0 aliphatic rings. The third-order valence-electron chi connectivity index (χ3n) is 2.71. The Balaban J connectivity index is 2.58. The molecule has 1 aromatic heterocycles. The van der Waals surface area contributed by atoms with Crippen LogP contribution in [0.3, 0.4) is 0 Å². The Bertz CT molecular complexity index is 615. The zero-order valence-corrected chi connectivity index (χ0v) is 10.0. The maximum atomic E-state index is 11.6. The van der Waals surface area contributed by atoms with Crippen LogP contribution in [0.1, 0.15) is 21.7 Å². The Morgan fingerprint density at radius 1 is 1.17 bits per heavy atom. The molecule has 0 saturated carbocycles. The summed E-state index contributed by atoms with van der Waals surface area (Å²) in [5.74, 6) is -2.39. The second-order valence-electron chi connectivity index (χ2n) is 3.93. The predicted molar refractivity (Wildman–Crippen MR) is 65.0 cm³/mol. The number of aryl methyl sites for hydroxylation is 1. The van der Waals surface area contributed by atoms with Crippen LogP contribution in [-0.2, 0) is 4.79 Å². The minimum atomic E-state index is -1.46. The van der Waals surface area contributed by atoms with Crippen molar-refractivity contribution < 1.29 is 14.7 Å². The highest BCUT2D eigenvalue weighted by molar-refractivity contribution is 6.40. The summed E-state index contributed by atoms with van der Waals surface area (Å²) >= 11 is 0. The number of hydrogen-bond donors (Lipinski definition) is 1. The number of rotatable bonds is 3. The zero-order chi connectivity index (χ0) is 13.3. The van der Waals surface area contributed by atoms with Gasteiger partial charge >= 0.3 is 5.97 Å². The first-order chi connectivity index (χ1) is 8.52. The number of carbonyl (C=O) groups is 2. The molecule has 18 heavy (non-hydrogen) atoms. The Labute approximate surface area is 104 Å². The monoisotopic (exact) mass is 244 g/mol. The molecule has 1 heterocycles. The Hall–Kier alpha value is -2.43. The number of nitrogens with zero attached hydrogens (tertiary/aromatic N) is 2. The molecule has 0 amide bonds. The number of Topliss-reactive ketones (excluding diaryl/α,β-unsaturated/α-hetero) is 1. The fraction of sp³-hybridized carbons (Fsp3) is 0.154. The van der Waals surface area contributed by atoms with Crippen molar-refractivity contribution in [3.63, 3.8) is 0 Å². The summed E-state index contributed by atoms with van der Waals surface area (Å²) in [6, 6.07) is 9.26. The molecule has 0 unspecified atom stereocenters. The number of carboxylic acids is 1. The number of carboxylic acid groups (broad SMARTS) is 1. The van der Waals surface area contributed by atoms with Crippen LogP contribution in [-0.4, -0.2) is 26.6 Å². The van der Waals surface area contributed by atoms with Crippen molar-refractivity contribution in [2.75, 3.05) is 0 Å². The van der Waals surface area contributed by atoms with E-state index in [2.05, 4.69) is 5.10 Å². The van der Waals surface area contributed by atoms with E-state index in [-0.39, 0.29) is 5.56 Å². The molecule has 0 bridgehead atoms. The van der Waals surface area contributed by atoms with Gasteiger partial charge in [0.05, 0.1) is 22.6 Å². The zero-order valence-electron chi connectivity index (χ0n) is 10.0. The summed E-state index contributed by atoms with van der Waals surface area (Å²) in [5.41, 5.74) is 1.91. The third kappa shape index (κ3) is 1.90. The van der Waals surface area contributed by atoms with Crippen LogP contribution < -0.4 is 0 Å². The van der Waals surface area contributed by atoms with E-state index in [1.54, 1.807) is 18.5 Å². The summed E-state index contributed by atoms with van der Waals surface area (Å²) in [5, 5.41) is 13.0. The first kappa shape index (κ1) is 12.0. The number of para-hydroxylation sites is 1. The van der Waals surface area contributed by atoms with Gasteiger partial charge in [0.2, 0.25) is 0 Å². The molecule has 0 fully saturated rings. The predicted octanol–water partition coefficient (Wildman–Crippen LogP) is 1.76. The molecular weight excluding hydrogens is 232 g/mol. The average molecular weight is 244 g/mol. The maximum absolute atomic E-state index is 11.6. The SMILES string of the molecule is Cc1nn(-c2ccccc2)c(C)c1C(=O)C(=O)O. The molecule has 5 heteroatoms. The largest absolute Gasteiger partial charge is 0.475 e. The van der Waals surface area contributed by atoms with Gasteiger partial charge < -0.3 is 5.11 Å². The van der Waals surface area contributed by atoms with Crippen LogP contribution in [0.2, 0.25) is 0 Å². The Morgan fingerprint density at radius 2 is 1.78 bits per heavy atom. The topological polar surface area (TPSA) is 72.2 Å². The van der Waals surface area contributed by atoms with Crippen molar-refractivity contribution >= 4 is 11.8 Å². The lowest BCUT2D eigenvalue weighted by Gasteiger charge is -2.03. The van der Waals surface area contributed by atoms with Crippen LogP contribution in [0.5, 0.6) is 0 Å². The van der Waals surface area contributed by atoms with E-state index in [9.17, 15) is 9.59 Å². The van der Waals surface area contributed by atoms with Gasteiger partial charge in [0, 0.05) is 0 Å². The van der Waals surface area contributed by atoms with Crippen LogP contribution in [0.25, 0.3) is 5.69 Å². The number of hydrogen-bond acceptors (Lipinski definition) is 3. The van der Waals surface area contributed by atoms with Crippen molar-refractivity contribution in [2.45, 2.75) is 13.8 Å². The second-order valence-corrected chi connectivity index (χ2v) is 3.93. The van der Waals surface area contributed by atoms with E-state index >= 15 is 0 Å². The lowest BCUT2D eigenvalue weighted by molar-refractivity contribution is -0.131. The fourth-order valence-electron chi connectivity index (χ4n) is 1.90. The molecule has 0 aliphatic heterocycles. The van der Waals surface area contributed by atoms with E-state index in [1.165, 1.54) is 0 Å². The minimum absolute atomic E-state index is 0.159. The molecule has 0 atom stereocenters. The van der Waals surface area contributed by atoms with E-state index in [4.69, 9.17) is 5.11 Å². The normalized spacial score (nSPS) is 10.3. The van der Waals surface area contributed by atoms with Crippen molar-refractivity contribution in [1.29, 1.82) is 0 Å². The van der Waals surface area contributed by atoms with E-state index < -0.39 is 11.8 Å². The van der Waals surface area contributed by atoms with Crippen LogP contribution in [0, 0.1) is 13.8 Å². The molecule has 1 aromatic carbocycles. The summed E-state index contributed by atoms with van der Waals surface area (Å²) in [7, 11) is 0. The minimum Gasteiger partial charge on any atom is -0.475 e. The molecule has 0 aliphatic carbocycles. The summed E-state index contributed by atoms with van der Waals surface area (Å²) in [6.45, 7) is 3.31. The highest BCUT2D eigenvalue weighted by Gasteiger charge is 2.24. The maximum Gasteiger partial charge on any atom is 0.377 e. The molecule has 5 nitrogen and oxygen atoms in total. The molecule has 92 valence electrons. The van der Waals surface area contributed by atoms with Gasteiger partial charge in [-0.2, -0.15) is 5.10 Å². The van der Waals surface area contributed by atoms with E-state index in [0.717, 1.165) is 5.69 Å². The van der Waals surface area contributed by atoms with E-state index in [1.807, 2.05) is 30.3 Å². The van der Waals surface area contributed by atoms with Gasteiger partial charge in [-0.05, 0) is 26.0 Å². The quantitative estimate of drug-likeness (QED) is 0.659. The smallest absolute Gasteiger partial charge is 0.377 e. The van der Waals surface area contributed by atoms with Crippen molar-refractivity contribution in [3.05, 3.63) is 47.3 Å². The number of aromatic nitrogens is 2. The van der Waals surface area contributed by atoms with Gasteiger partial charge in [0.15, 0.2) is 0 Å². The molecule has 0 saturated heterocycles. The number of aliphatic carboxylic acids is 1. The van der Waals surface area contributed by atoms with Gasteiger partial charge in [0.1, 0.15) is 0 Å². The number of ketones is 1. The highest BCUT2D eigenvalue weighted by atomic mass is 16.4. The van der Waals surface area contributed by atoms with E-state index in [0.29, 0.717) is 11.4 Å². The average Bonchev–Trinajstić information content (AvgIpc) is 2.65.